The van der Waals surface area contributed by atoms with E-state index in [4.69, 9.17) is 0 Å². The van der Waals surface area contributed by atoms with Crippen LogP contribution in [-0.4, -0.2) is 31.1 Å². The van der Waals surface area contributed by atoms with Crippen LogP contribution in [0.25, 0.3) is 0 Å². The van der Waals surface area contributed by atoms with E-state index in [1.807, 2.05) is 6.92 Å². The highest BCUT2D eigenvalue weighted by Crippen LogP contribution is 2.24. The first-order valence-corrected chi connectivity index (χ1v) is 6.57. The number of hydrogen-bond acceptors (Lipinski definition) is 2. The predicted molar refractivity (Wildman–Crippen MR) is 54.0 cm³/mol. The molecule has 0 N–H and O–H groups in total. The van der Waals surface area contributed by atoms with E-state index in [0.29, 0.717) is 12.5 Å². The summed E-state index contributed by atoms with van der Waals surface area (Å²) in [5.41, 5.74) is 0. The summed E-state index contributed by atoms with van der Waals surface area (Å²) in [5, 5.41) is 0. The third kappa shape index (κ3) is 2.44. The van der Waals surface area contributed by atoms with Gasteiger partial charge in [0.2, 0.25) is 10.0 Å². The van der Waals surface area contributed by atoms with Gasteiger partial charge in [-0.25, -0.2) is 8.42 Å². The average molecular weight is 205 g/mol. The van der Waals surface area contributed by atoms with E-state index < -0.39 is 10.0 Å². The second kappa shape index (κ2) is 3.96. The Bertz CT molecular complexity index is 261. The highest BCUT2D eigenvalue weighted by atomic mass is 32.2. The first-order valence-electron chi connectivity index (χ1n) is 4.97. The molecule has 0 aromatic rings. The standard InChI is InChI=1S/C9H19NO2S/c1-4-13(11,12)10-6-5-8(2)7-9(10)3/h8-9H,4-7H2,1-3H3. The fourth-order valence-electron chi connectivity index (χ4n) is 1.96. The smallest absolute Gasteiger partial charge is 0.212 e. The molecule has 78 valence electrons. The quantitative estimate of drug-likeness (QED) is 0.684. The molecule has 1 rings (SSSR count). The van der Waals surface area contributed by atoms with Gasteiger partial charge in [-0.15, -0.1) is 0 Å². The Labute approximate surface area is 81.2 Å². The normalized spacial score (nSPS) is 31.9. The van der Waals surface area contributed by atoms with Crippen LogP contribution in [0, 0.1) is 5.92 Å². The average Bonchev–Trinajstić information content (AvgIpc) is 2.03. The Morgan fingerprint density at radius 2 is 2.00 bits per heavy atom. The summed E-state index contributed by atoms with van der Waals surface area (Å²) >= 11 is 0. The van der Waals surface area contributed by atoms with Gasteiger partial charge in [0.1, 0.15) is 0 Å². The Morgan fingerprint density at radius 3 is 2.46 bits per heavy atom. The molecule has 0 spiro atoms. The minimum absolute atomic E-state index is 0.189. The van der Waals surface area contributed by atoms with E-state index in [1.54, 1.807) is 11.2 Å². The molecule has 4 heteroatoms. The molecule has 1 aliphatic heterocycles. The summed E-state index contributed by atoms with van der Waals surface area (Å²) in [6.45, 7) is 6.61. The fraction of sp³-hybridized carbons (Fsp3) is 1.00. The van der Waals surface area contributed by atoms with Gasteiger partial charge in [0, 0.05) is 12.6 Å². The van der Waals surface area contributed by atoms with Crippen LogP contribution in [0.15, 0.2) is 0 Å². The molecule has 1 saturated heterocycles. The van der Waals surface area contributed by atoms with Crippen molar-refractivity contribution in [2.24, 2.45) is 5.92 Å². The summed E-state index contributed by atoms with van der Waals surface area (Å²) in [6.07, 6.45) is 2.00. The maximum atomic E-state index is 11.6. The van der Waals surface area contributed by atoms with E-state index in [1.165, 1.54) is 0 Å². The minimum atomic E-state index is -2.96. The molecule has 3 nitrogen and oxygen atoms in total. The molecule has 0 aromatic heterocycles. The molecule has 0 radical (unpaired) electrons. The second-order valence-corrected chi connectivity index (χ2v) is 6.20. The third-order valence-corrected chi connectivity index (χ3v) is 4.79. The van der Waals surface area contributed by atoms with Crippen molar-refractivity contribution in [2.45, 2.75) is 39.7 Å². The van der Waals surface area contributed by atoms with Crippen molar-refractivity contribution < 1.29 is 8.42 Å². The molecule has 0 aromatic carbocycles. The molecule has 0 bridgehead atoms. The lowest BCUT2D eigenvalue weighted by atomic mass is 9.95. The van der Waals surface area contributed by atoms with Crippen LogP contribution < -0.4 is 0 Å². The van der Waals surface area contributed by atoms with Crippen LogP contribution in [0.5, 0.6) is 0 Å². The molecule has 0 saturated carbocycles. The van der Waals surface area contributed by atoms with Gasteiger partial charge in [-0.3, -0.25) is 0 Å². The van der Waals surface area contributed by atoms with E-state index in [-0.39, 0.29) is 11.8 Å². The second-order valence-electron chi connectivity index (χ2n) is 3.99. The van der Waals surface area contributed by atoms with Gasteiger partial charge in [-0.05, 0) is 32.6 Å². The van der Waals surface area contributed by atoms with Crippen LogP contribution in [-0.2, 0) is 10.0 Å². The van der Waals surface area contributed by atoms with Crippen LogP contribution in [0.1, 0.15) is 33.6 Å². The lowest BCUT2D eigenvalue weighted by Gasteiger charge is -2.35. The molecule has 0 amide bonds. The first-order chi connectivity index (χ1) is 5.97. The predicted octanol–water partition coefficient (Wildman–Crippen LogP) is 1.46. The highest BCUT2D eigenvalue weighted by Gasteiger charge is 2.30. The molecule has 2 unspecified atom stereocenters. The summed E-state index contributed by atoms with van der Waals surface area (Å²) in [4.78, 5) is 0. The fourth-order valence-corrected chi connectivity index (χ4v) is 3.31. The molecular weight excluding hydrogens is 186 g/mol. The zero-order chi connectivity index (χ0) is 10.1. The van der Waals surface area contributed by atoms with Crippen molar-refractivity contribution in [3.8, 4) is 0 Å². The topological polar surface area (TPSA) is 37.4 Å². The van der Waals surface area contributed by atoms with Gasteiger partial charge < -0.3 is 0 Å². The minimum Gasteiger partial charge on any atom is -0.212 e. The number of piperidine rings is 1. The molecule has 2 atom stereocenters. The summed E-state index contributed by atoms with van der Waals surface area (Å²) in [6, 6.07) is 0.189. The van der Waals surface area contributed by atoms with E-state index in [0.717, 1.165) is 12.8 Å². The van der Waals surface area contributed by atoms with Crippen LogP contribution >= 0.6 is 0 Å². The molecular formula is C9H19NO2S. The van der Waals surface area contributed by atoms with Crippen molar-refractivity contribution in [2.75, 3.05) is 12.3 Å². The van der Waals surface area contributed by atoms with Crippen LogP contribution in [0.3, 0.4) is 0 Å². The van der Waals surface area contributed by atoms with Gasteiger partial charge in [0.15, 0.2) is 0 Å². The summed E-state index contributed by atoms with van der Waals surface area (Å²) in [7, 11) is -2.96. The van der Waals surface area contributed by atoms with E-state index >= 15 is 0 Å². The van der Waals surface area contributed by atoms with E-state index in [9.17, 15) is 8.42 Å². The van der Waals surface area contributed by atoms with Crippen LogP contribution in [0.2, 0.25) is 0 Å². The lowest BCUT2D eigenvalue weighted by Crippen LogP contribution is -2.44. The molecule has 1 fully saturated rings. The van der Waals surface area contributed by atoms with Crippen molar-refractivity contribution in [3.05, 3.63) is 0 Å². The number of nitrogens with zero attached hydrogens (tertiary/aromatic N) is 1. The largest absolute Gasteiger partial charge is 0.214 e. The van der Waals surface area contributed by atoms with Gasteiger partial charge in [-0.2, -0.15) is 4.31 Å². The Morgan fingerprint density at radius 1 is 1.38 bits per heavy atom. The van der Waals surface area contributed by atoms with E-state index in [2.05, 4.69) is 6.92 Å². The molecule has 13 heavy (non-hydrogen) atoms. The summed E-state index contributed by atoms with van der Waals surface area (Å²) < 4.78 is 24.9. The van der Waals surface area contributed by atoms with Crippen molar-refractivity contribution >= 4 is 10.0 Å². The van der Waals surface area contributed by atoms with Gasteiger partial charge in [0.25, 0.3) is 0 Å². The first kappa shape index (κ1) is 11.0. The SMILES string of the molecule is CCS(=O)(=O)N1CCC(C)CC1C. The molecule has 1 aliphatic rings. The van der Waals surface area contributed by atoms with Crippen molar-refractivity contribution in [3.63, 3.8) is 0 Å². The highest BCUT2D eigenvalue weighted by molar-refractivity contribution is 7.89. The maximum absolute atomic E-state index is 11.6. The van der Waals surface area contributed by atoms with Gasteiger partial charge in [0.05, 0.1) is 5.75 Å². The van der Waals surface area contributed by atoms with Crippen LogP contribution in [0.4, 0.5) is 0 Å². The zero-order valence-corrected chi connectivity index (χ0v) is 9.47. The van der Waals surface area contributed by atoms with Gasteiger partial charge in [-0.1, -0.05) is 6.92 Å². The Kier molecular flexibility index (Phi) is 3.35. The third-order valence-electron chi connectivity index (χ3n) is 2.80. The zero-order valence-electron chi connectivity index (χ0n) is 8.66. The van der Waals surface area contributed by atoms with Crippen molar-refractivity contribution in [1.82, 2.24) is 4.31 Å². The molecule has 0 aliphatic carbocycles. The maximum Gasteiger partial charge on any atom is 0.214 e. The summed E-state index contributed by atoms with van der Waals surface area (Å²) in [5.74, 6) is 0.893. The number of hydrogen-bond donors (Lipinski definition) is 0. The lowest BCUT2D eigenvalue weighted by molar-refractivity contribution is 0.220. The number of sulfonamides is 1. The Hall–Kier alpha value is -0.0900. The monoisotopic (exact) mass is 205 g/mol. The molecule has 1 heterocycles. The Balaban J connectivity index is 2.72. The van der Waals surface area contributed by atoms with Gasteiger partial charge >= 0.3 is 0 Å². The number of rotatable bonds is 2. The van der Waals surface area contributed by atoms with Crippen molar-refractivity contribution in [1.29, 1.82) is 0 Å².